The summed E-state index contributed by atoms with van der Waals surface area (Å²) in [5.41, 5.74) is 6.57. The lowest BCUT2D eigenvalue weighted by Crippen LogP contribution is -2.32. The van der Waals surface area contributed by atoms with Gasteiger partial charge in [0.1, 0.15) is 0 Å². The zero-order valence-corrected chi connectivity index (χ0v) is 10.8. The van der Waals surface area contributed by atoms with Gasteiger partial charge in [0.25, 0.3) is 0 Å². The van der Waals surface area contributed by atoms with Crippen LogP contribution in [-0.2, 0) is 10.0 Å². The molecule has 1 rings (SSSR count). The average Bonchev–Trinajstić information content (AvgIpc) is 2.24. The number of hydrogen-bond donors (Lipinski definition) is 1. The van der Waals surface area contributed by atoms with Gasteiger partial charge in [-0.2, -0.15) is 0 Å². The second kappa shape index (κ2) is 4.93. The van der Waals surface area contributed by atoms with Crippen molar-refractivity contribution in [1.82, 2.24) is 0 Å². The van der Waals surface area contributed by atoms with Crippen molar-refractivity contribution in [2.24, 2.45) is 0 Å². The lowest BCUT2D eigenvalue weighted by atomic mass is 10.3. The molecular formula is C10H15ClN2O2S. The Morgan fingerprint density at radius 2 is 2.00 bits per heavy atom. The molecule has 0 aliphatic heterocycles. The minimum absolute atomic E-state index is 0.0589. The highest BCUT2D eigenvalue weighted by Gasteiger charge is 2.18. The highest BCUT2D eigenvalue weighted by molar-refractivity contribution is 7.92. The largest absolute Gasteiger partial charge is 0.397 e. The molecule has 16 heavy (non-hydrogen) atoms. The predicted molar refractivity (Wildman–Crippen MR) is 68.3 cm³/mol. The number of nitrogen functional groups attached to an aromatic ring is 1. The van der Waals surface area contributed by atoms with Crippen LogP contribution in [-0.4, -0.2) is 20.7 Å². The van der Waals surface area contributed by atoms with Gasteiger partial charge >= 0.3 is 0 Å². The van der Waals surface area contributed by atoms with Crippen LogP contribution in [0.4, 0.5) is 11.4 Å². The van der Waals surface area contributed by atoms with Crippen molar-refractivity contribution in [2.45, 2.75) is 13.8 Å². The molecule has 0 spiro atoms. The van der Waals surface area contributed by atoms with Crippen LogP contribution in [0.2, 0.25) is 5.02 Å². The third-order valence-electron chi connectivity index (χ3n) is 2.26. The Balaban J connectivity index is 3.20. The molecule has 0 heterocycles. The summed E-state index contributed by atoms with van der Waals surface area (Å²) in [6.07, 6.45) is 0. The van der Waals surface area contributed by atoms with Gasteiger partial charge in [-0.1, -0.05) is 11.6 Å². The maximum Gasteiger partial charge on any atom is 0.234 e. The molecule has 1 aromatic carbocycles. The molecule has 0 bridgehead atoms. The molecule has 0 fully saturated rings. The number of halogens is 1. The second-order valence-corrected chi connectivity index (χ2v) is 5.86. The molecule has 90 valence electrons. The summed E-state index contributed by atoms with van der Waals surface area (Å²) in [6.45, 7) is 3.76. The fraction of sp³-hybridized carbons (Fsp3) is 0.400. The number of hydrogen-bond acceptors (Lipinski definition) is 3. The summed E-state index contributed by atoms with van der Waals surface area (Å²) < 4.78 is 24.9. The summed E-state index contributed by atoms with van der Waals surface area (Å²) in [5, 5.41) is 0.425. The van der Waals surface area contributed by atoms with Crippen molar-refractivity contribution >= 4 is 33.0 Å². The quantitative estimate of drug-likeness (QED) is 0.845. The van der Waals surface area contributed by atoms with Gasteiger partial charge in [-0.3, -0.25) is 4.31 Å². The van der Waals surface area contributed by atoms with E-state index < -0.39 is 10.0 Å². The van der Waals surface area contributed by atoms with E-state index >= 15 is 0 Å². The fourth-order valence-electron chi connectivity index (χ4n) is 1.38. The molecule has 1 aromatic rings. The van der Waals surface area contributed by atoms with Crippen molar-refractivity contribution in [3.05, 3.63) is 23.2 Å². The average molecular weight is 263 g/mol. The molecule has 0 saturated heterocycles. The first-order valence-electron chi connectivity index (χ1n) is 4.97. The smallest absolute Gasteiger partial charge is 0.234 e. The SMILES string of the molecule is CCN(c1ccc(Cl)c(N)c1)S(=O)(=O)CC. The van der Waals surface area contributed by atoms with Crippen molar-refractivity contribution in [1.29, 1.82) is 0 Å². The summed E-state index contributed by atoms with van der Waals surface area (Å²) in [6, 6.07) is 4.81. The Hall–Kier alpha value is -0.940. The molecule has 2 N–H and O–H groups in total. The number of anilines is 2. The topological polar surface area (TPSA) is 63.4 Å². The summed E-state index contributed by atoms with van der Waals surface area (Å²) in [7, 11) is -3.26. The highest BCUT2D eigenvalue weighted by Crippen LogP contribution is 2.26. The zero-order chi connectivity index (χ0) is 12.3. The first-order valence-corrected chi connectivity index (χ1v) is 6.96. The molecule has 0 saturated carbocycles. The molecule has 0 aliphatic carbocycles. The van der Waals surface area contributed by atoms with Crippen LogP contribution in [0.25, 0.3) is 0 Å². The van der Waals surface area contributed by atoms with Gasteiger partial charge in [0.15, 0.2) is 0 Å². The van der Waals surface area contributed by atoms with Gasteiger partial charge in [-0.15, -0.1) is 0 Å². The molecule has 4 nitrogen and oxygen atoms in total. The molecule has 6 heteroatoms. The van der Waals surface area contributed by atoms with Crippen LogP contribution >= 0.6 is 11.6 Å². The van der Waals surface area contributed by atoms with Gasteiger partial charge in [-0.25, -0.2) is 8.42 Å². The molecule has 0 unspecified atom stereocenters. The molecule has 0 aliphatic rings. The summed E-state index contributed by atoms with van der Waals surface area (Å²) in [5.74, 6) is 0.0589. The maximum absolute atomic E-state index is 11.8. The number of rotatable bonds is 4. The van der Waals surface area contributed by atoms with E-state index in [-0.39, 0.29) is 5.75 Å². The first kappa shape index (κ1) is 13.1. The van der Waals surface area contributed by atoms with E-state index in [9.17, 15) is 8.42 Å². The van der Waals surface area contributed by atoms with E-state index in [0.29, 0.717) is 22.9 Å². The molecule has 0 atom stereocenters. The van der Waals surface area contributed by atoms with E-state index in [4.69, 9.17) is 17.3 Å². The Bertz CT molecular complexity index is 474. The van der Waals surface area contributed by atoms with Crippen molar-refractivity contribution in [2.75, 3.05) is 22.3 Å². The Morgan fingerprint density at radius 3 is 2.44 bits per heavy atom. The van der Waals surface area contributed by atoms with Gasteiger partial charge in [-0.05, 0) is 32.0 Å². The standard InChI is InChI=1S/C10H15ClN2O2S/c1-3-13(16(14,15)4-2)8-5-6-9(11)10(12)7-8/h5-7H,3-4,12H2,1-2H3. The van der Waals surface area contributed by atoms with E-state index in [1.807, 2.05) is 0 Å². The zero-order valence-electron chi connectivity index (χ0n) is 9.27. The predicted octanol–water partition coefficient (Wildman–Crippen LogP) is 2.10. The first-order chi connectivity index (χ1) is 7.42. The number of benzene rings is 1. The van der Waals surface area contributed by atoms with Crippen LogP contribution in [0.3, 0.4) is 0 Å². The monoisotopic (exact) mass is 262 g/mol. The molecule has 0 aromatic heterocycles. The van der Waals surface area contributed by atoms with Crippen molar-refractivity contribution in [3.63, 3.8) is 0 Å². The minimum atomic E-state index is -3.26. The van der Waals surface area contributed by atoms with Gasteiger partial charge in [0.05, 0.1) is 22.2 Å². The number of nitrogens with zero attached hydrogens (tertiary/aromatic N) is 1. The normalized spacial score (nSPS) is 11.4. The third-order valence-corrected chi connectivity index (χ3v) is 4.47. The summed E-state index contributed by atoms with van der Waals surface area (Å²) in [4.78, 5) is 0. The molecular weight excluding hydrogens is 248 g/mol. The number of nitrogens with two attached hydrogens (primary N) is 1. The fourth-order valence-corrected chi connectivity index (χ4v) is 2.64. The minimum Gasteiger partial charge on any atom is -0.397 e. The third kappa shape index (κ3) is 2.59. The van der Waals surface area contributed by atoms with Gasteiger partial charge in [0.2, 0.25) is 10.0 Å². The van der Waals surface area contributed by atoms with E-state index in [1.54, 1.807) is 32.0 Å². The lowest BCUT2D eigenvalue weighted by Gasteiger charge is -2.22. The van der Waals surface area contributed by atoms with Crippen molar-refractivity contribution in [3.8, 4) is 0 Å². The summed E-state index contributed by atoms with van der Waals surface area (Å²) >= 11 is 5.78. The molecule has 0 radical (unpaired) electrons. The number of sulfonamides is 1. The second-order valence-electron chi connectivity index (χ2n) is 3.27. The maximum atomic E-state index is 11.8. The van der Waals surface area contributed by atoms with E-state index in [2.05, 4.69) is 0 Å². The van der Waals surface area contributed by atoms with Crippen LogP contribution in [0.5, 0.6) is 0 Å². The van der Waals surface area contributed by atoms with Crippen LogP contribution in [0.1, 0.15) is 13.8 Å². The van der Waals surface area contributed by atoms with Gasteiger partial charge in [0, 0.05) is 6.54 Å². The Morgan fingerprint density at radius 1 is 1.38 bits per heavy atom. The lowest BCUT2D eigenvalue weighted by molar-refractivity contribution is 0.593. The van der Waals surface area contributed by atoms with Crippen LogP contribution < -0.4 is 10.0 Å². The Kier molecular flexibility index (Phi) is 4.04. The van der Waals surface area contributed by atoms with Crippen molar-refractivity contribution < 1.29 is 8.42 Å². The van der Waals surface area contributed by atoms with Gasteiger partial charge < -0.3 is 5.73 Å². The Labute approximate surface area is 101 Å². The highest BCUT2D eigenvalue weighted by atomic mass is 35.5. The van der Waals surface area contributed by atoms with E-state index in [1.165, 1.54) is 4.31 Å². The van der Waals surface area contributed by atoms with Crippen LogP contribution in [0.15, 0.2) is 18.2 Å². The van der Waals surface area contributed by atoms with Crippen LogP contribution in [0, 0.1) is 0 Å². The molecule has 0 amide bonds. The van der Waals surface area contributed by atoms with E-state index in [0.717, 1.165) is 0 Å².